The zero-order valence-corrected chi connectivity index (χ0v) is 30.9. The van der Waals surface area contributed by atoms with E-state index in [2.05, 4.69) is 72.6 Å². The summed E-state index contributed by atoms with van der Waals surface area (Å²) in [6, 6.07) is 34.3. The molecule has 0 spiro atoms. The number of para-hydroxylation sites is 1. The maximum atomic E-state index is 13.0. The van der Waals surface area contributed by atoms with Crippen molar-refractivity contribution in [3.05, 3.63) is 135 Å². The van der Waals surface area contributed by atoms with E-state index in [-0.39, 0.29) is 24.7 Å². The van der Waals surface area contributed by atoms with Crippen LogP contribution in [0.2, 0.25) is 0 Å². The van der Waals surface area contributed by atoms with Gasteiger partial charge in [-0.3, -0.25) is 13.9 Å². The van der Waals surface area contributed by atoms with Gasteiger partial charge in [-0.15, -0.1) is 0 Å². The number of ether oxygens (including phenoxy) is 2. The van der Waals surface area contributed by atoms with Gasteiger partial charge in [-0.05, 0) is 68.5 Å². The molecule has 3 unspecified atom stereocenters. The second kappa shape index (κ2) is 15.2. The number of cyclic esters (lactones) is 1. The van der Waals surface area contributed by atoms with Crippen LogP contribution in [0.4, 0.5) is 0 Å². The molecule has 13 heteroatoms. The molecule has 12 nitrogen and oxygen atoms in total. The fourth-order valence-electron chi connectivity index (χ4n) is 8.20. The highest BCUT2D eigenvalue weighted by atomic mass is 32.3. The molecule has 5 aromatic rings. The summed E-state index contributed by atoms with van der Waals surface area (Å²) in [5, 5.41) is 11.8. The minimum atomic E-state index is -4.67. The number of piperidine rings is 1. The van der Waals surface area contributed by atoms with Crippen molar-refractivity contribution in [2.75, 3.05) is 7.05 Å². The van der Waals surface area contributed by atoms with Crippen molar-refractivity contribution < 1.29 is 36.9 Å². The summed E-state index contributed by atoms with van der Waals surface area (Å²) >= 11 is 0. The fourth-order valence-corrected chi connectivity index (χ4v) is 8.20. The highest BCUT2D eigenvalue weighted by molar-refractivity contribution is 7.79. The number of benzene rings is 3. The van der Waals surface area contributed by atoms with Crippen LogP contribution in [0.5, 0.6) is 0 Å². The number of pyridine rings is 2. The molecule has 3 aromatic carbocycles. The van der Waals surface area contributed by atoms with E-state index in [4.69, 9.17) is 32.0 Å². The van der Waals surface area contributed by atoms with E-state index in [9.17, 15) is 14.7 Å². The first kappa shape index (κ1) is 37.6. The number of carbonyl (C=O) groups excluding carboxylic acids is 1. The van der Waals surface area contributed by atoms with Gasteiger partial charge in [0.2, 0.25) is 0 Å². The largest absolute Gasteiger partial charge is 0.458 e. The fraction of sp³-hybridized carbons (Fsp3) is 0.341. The van der Waals surface area contributed by atoms with Crippen molar-refractivity contribution in [3.63, 3.8) is 0 Å². The number of fused-ring (bicyclic) bond motifs is 7. The molecule has 2 bridgehead atoms. The average Bonchev–Trinajstić information content (AvgIpc) is 3.60. The molecule has 4 aliphatic heterocycles. The van der Waals surface area contributed by atoms with Gasteiger partial charge in [-0.25, -0.2) is 9.78 Å². The number of aromatic nitrogens is 2. The second-order valence-corrected chi connectivity index (χ2v) is 15.1. The van der Waals surface area contributed by atoms with Crippen LogP contribution in [-0.2, 0) is 43.4 Å². The zero-order valence-electron chi connectivity index (χ0n) is 30.0. The molecular formula is C41H43N3O9S. The molecule has 54 heavy (non-hydrogen) atoms. The van der Waals surface area contributed by atoms with Crippen molar-refractivity contribution in [2.24, 2.45) is 0 Å². The lowest BCUT2D eigenvalue weighted by Crippen LogP contribution is -2.44. The van der Waals surface area contributed by atoms with Crippen molar-refractivity contribution in [2.45, 2.75) is 82.1 Å². The number of rotatable bonds is 5. The SMILES string of the molecule is CCC1(O)C(=O)OCc2c1cc1n(c2=O)Cc2cc3ccccc3nc2-1.CN1C2CCC1CC(OC(c1ccccc1)c1ccccc1)C2.O=S(=O)(O)O. The Labute approximate surface area is 313 Å². The van der Waals surface area contributed by atoms with E-state index in [1.54, 1.807) is 17.6 Å². The van der Waals surface area contributed by atoms with Gasteiger partial charge < -0.3 is 24.0 Å². The van der Waals surface area contributed by atoms with E-state index < -0.39 is 22.0 Å². The van der Waals surface area contributed by atoms with E-state index in [0.717, 1.165) is 22.2 Å². The third kappa shape index (κ3) is 7.61. The summed E-state index contributed by atoms with van der Waals surface area (Å²) in [7, 11) is -2.38. The van der Waals surface area contributed by atoms with Gasteiger partial charge in [0, 0.05) is 28.6 Å². The monoisotopic (exact) mass is 753 g/mol. The lowest BCUT2D eigenvalue weighted by Gasteiger charge is -2.38. The van der Waals surface area contributed by atoms with E-state index >= 15 is 0 Å². The molecule has 2 aromatic heterocycles. The number of esters is 1. The molecule has 9 rings (SSSR count). The van der Waals surface area contributed by atoms with Gasteiger partial charge in [0.1, 0.15) is 12.7 Å². The molecule has 2 fully saturated rings. The van der Waals surface area contributed by atoms with Gasteiger partial charge in [0.25, 0.3) is 5.56 Å². The summed E-state index contributed by atoms with van der Waals surface area (Å²) in [6.07, 6.45) is 5.57. The number of hydrogen-bond donors (Lipinski definition) is 3. The molecule has 6 heterocycles. The Morgan fingerprint density at radius 3 is 2.07 bits per heavy atom. The van der Waals surface area contributed by atoms with Gasteiger partial charge >= 0.3 is 16.4 Å². The normalized spacial score (nSPS) is 22.6. The third-order valence-electron chi connectivity index (χ3n) is 11.0. The summed E-state index contributed by atoms with van der Waals surface area (Å²) in [6.45, 7) is 2.01. The molecule has 0 saturated carbocycles. The molecule has 282 valence electrons. The first-order chi connectivity index (χ1) is 25.8. The summed E-state index contributed by atoms with van der Waals surface area (Å²) in [5.41, 5.74) is 4.32. The number of aliphatic hydroxyl groups is 1. The Bertz CT molecular complexity index is 2270. The average molecular weight is 754 g/mol. The molecule has 3 N–H and O–H groups in total. The standard InChI is InChI=1S/C21H25NO.C20H16N2O4.H2O4S/c1-22-18-12-13-19(22)15-20(14-18)23-21(16-8-4-2-5-9-16)17-10-6-3-7-11-17;1-2-20(25)14-8-16-17-12(7-11-5-3-4-6-15(11)21-17)9-22(16)18(23)13(14)10-26-19(20)24;1-5(2,3)4/h2-11,18-21H,12-15H2,1H3;3-8,25H,2,9-10H2,1H3;(H2,1,2,3,4). The molecule has 0 amide bonds. The number of hydrogen-bond acceptors (Lipinski definition) is 9. The van der Waals surface area contributed by atoms with Crippen LogP contribution in [0.25, 0.3) is 22.3 Å². The lowest BCUT2D eigenvalue weighted by molar-refractivity contribution is -0.172. The highest BCUT2D eigenvalue weighted by Crippen LogP contribution is 2.40. The quantitative estimate of drug-likeness (QED) is 0.143. The smallest absolute Gasteiger partial charge is 0.394 e. The Hall–Kier alpha value is -4.76. The van der Waals surface area contributed by atoms with Crippen LogP contribution in [0, 0.1) is 0 Å². The van der Waals surface area contributed by atoms with E-state index in [1.165, 1.54) is 36.8 Å². The molecular weight excluding hydrogens is 711 g/mol. The van der Waals surface area contributed by atoms with Gasteiger partial charge in [-0.2, -0.15) is 8.42 Å². The van der Waals surface area contributed by atoms with Crippen LogP contribution in [0.3, 0.4) is 0 Å². The molecule has 3 atom stereocenters. The maximum Gasteiger partial charge on any atom is 0.394 e. The predicted octanol–water partition coefficient (Wildman–Crippen LogP) is 5.84. The summed E-state index contributed by atoms with van der Waals surface area (Å²) < 4.78 is 45.0. The van der Waals surface area contributed by atoms with Gasteiger partial charge in [0.15, 0.2) is 5.60 Å². The Kier molecular flexibility index (Phi) is 10.5. The second-order valence-electron chi connectivity index (χ2n) is 14.2. The first-order valence-corrected chi connectivity index (χ1v) is 19.5. The van der Waals surface area contributed by atoms with Crippen LogP contribution in [0.1, 0.15) is 72.9 Å². The maximum absolute atomic E-state index is 13.0. The van der Waals surface area contributed by atoms with Crippen LogP contribution >= 0.6 is 0 Å². The molecule has 0 aliphatic carbocycles. The molecule has 0 radical (unpaired) electrons. The molecule has 2 saturated heterocycles. The minimum absolute atomic E-state index is 0.0465. The van der Waals surface area contributed by atoms with Crippen molar-refractivity contribution >= 4 is 27.3 Å². The molecule has 4 aliphatic rings. The first-order valence-electron chi connectivity index (χ1n) is 18.1. The topological polar surface area (TPSA) is 168 Å². The summed E-state index contributed by atoms with van der Waals surface area (Å²) in [4.78, 5) is 32.4. The minimum Gasteiger partial charge on any atom is -0.458 e. The van der Waals surface area contributed by atoms with Crippen molar-refractivity contribution in [1.82, 2.24) is 14.5 Å². The van der Waals surface area contributed by atoms with E-state index in [1.807, 2.05) is 30.3 Å². The highest BCUT2D eigenvalue weighted by Gasteiger charge is 2.45. The predicted molar refractivity (Wildman–Crippen MR) is 202 cm³/mol. The number of nitrogens with zero attached hydrogens (tertiary/aromatic N) is 3. The lowest BCUT2D eigenvalue weighted by atomic mass is 9.86. The van der Waals surface area contributed by atoms with Crippen molar-refractivity contribution in [3.8, 4) is 11.4 Å². The van der Waals surface area contributed by atoms with Gasteiger partial charge in [0.05, 0.1) is 35.1 Å². The third-order valence-corrected chi connectivity index (χ3v) is 11.0. The Morgan fingerprint density at radius 1 is 0.907 bits per heavy atom. The number of carbonyl (C=O) groups is 1. The van der Waals surface area contributed by atoms with E-state index in [0.29, 0.717) is 41.6 Å². The van der Waals surface area contributed by atoms with Crippen LogP contribution in [0.15, 0.2) is 102 Å². The zero-order chi connectivity index (χ0) is 38.2. The van der Waals surface area contributed by atoms with Crippen LogP contribution in [-0.4, -0.2) is 68.3 Å². The summed E-state index contributed by atoms with van der Waals surface area (Å²) in [5.74, 6) is -0.707. The van der Waals surface area contributed by atoms with Crippen LogP contribution < -0.4 is 5.56 Å². The Morgan fingerprint density at radius 2 is 1.48 bits per heavy atom. The van der Waals surface area contributed by atoms with Crippen molar-refractivity contribution in [1.29, 1.82) is 0 Å². The Balaban J connectivity index is 0.000000149. The van der Waals surface area contributed by atoms with Gasteiger partial charge in [-0.1, -0.05) is 85.8 Å².